The van der Waals surface area contributed by atoms with Gasteiger partial charge in [0, 0.05) is 45.7 Å². The lowest BCUT2D eigenvalue weighted by Crippen LogP contribution is -2.44. The summed E-state index contributed by atoms with van der Waals surface area (Å²) in [6, 6.07) is 0. The van der Waals surface area contributed by atoms with Crippen LogP contribution in [0.5, 0.6) is 0 Å². The van der Waals surface area contributed by atoms with Crippen molar-refractivity contribution in [2.75, 3.05) is 39.3 Å². The number of nitrogens with one attached hydrogen (secondary N) is 1. The number of nitrogens with zero attached hydrogens (tertiary/aromatic N) is 5. The maximum Gasteiger partial charge on any atom is 0.434 e. The third-order valence-corrected chi connectivity index (χ3v) is 4.13. The number of piperazine rings is 1. The van der Waals surface area contributed by atoms with Gasteiger partial charge in [-0.2, -0.15) is 0 Å². The van der Waals surface area contributed by atoms with Crippen molar-refractivity contribution in [3.05, 3.63) is 22.0 Å². The van der Waals surface area contributed by atoms with Crippen LogP contribution in [0.3, 0.4) is 0 Å². The lowest BCUT2D eigenvalue weighted by atomic mass is 10.2. The molecule has 1 aliphatic rings. The normalized spacial score (nSPS) is 17.4. The first-order chi connectivity index (χ1) is 11.1. The summed E-state index contributed by atoms with van der Waals surface area (Å²) in [5.74, 6) is 4.50. The quantitative estimate of drug-likeness (QED) is 0.354. The molecule has 0 radical (unpaired) electrons. The first-order valence-electron chi connectivity index (χ1n) is 7.20. The third kappa shape index (κ3) is 5.21. The Labute approximate surface area is 135 Å². The molecule has 1 saturated heterocycles. The Morgan fingerprint density at radius 3 is 2.87 bits per heavy atom. The molecule has 1 aromatic rings. The second-order valence-corrected chi connectivity index (χ2v) is 5.85. The molecular formula is C11H20N7O4S-. The summed E-state index contributed by atoms with van der Waals surface area (Å²) in [5, 5.41) is 14.3. The van der Waals surface area contributed by atoms with Gasteiger partial charge in [0.2, 0.25) is 0 Å². The van der Waals surface area contributed by atoms with Crippen LogP contribution < -0.4 is 11.2 Å². The highest BCUT2D eigenvalue weighted by Gasteiger charge is 2.21. The zero-order chi connectivity index (χ0) is 16.7. The third-order valence-electron chi connectivity index (χ3n) is 3.58. The van der Waals surface area contributed by atoms with Gasteiger partial charge in [-0.15, -0.1) is 0 Å². The molecule has 12 heteroatoms. The largest absolute Gasteiger partial charge is 0.434 e. The highest BCUT2D eigenvalue weighted by Crippen LogP contribution is 2.14. The van der Waals surface area contributed by atoms with Gasteiger partial charge in [0.1, 0.15) is 11.9 Å². The predicted octanol–water partition coefficient (Wildman–Crippen LogP) is -0.808. The molecule has 2 rings (SSSR count). The smallest absolute Gasteiger partial charge is 0.416 e. The van der Waals surface area contributed by atoms with Gasteiger partial charge in [-0.3, -0.25) is 0 Å². The summed E-state index contributed by atoms with van der Waals surface area (Å²) in [6.45, 7) is 4.90. The van der Waals surface area contributed by atoms with E-state index in [1.165, 1.54) is 10.8 Å². The predicted molar refractivity (Wildman–Crippen MR) is 82.5 cm³/mol. The van der Waals surface area contributed by atoms with E-state index in [0.29, 0.717) is 6.42 Å². The van der Waals surface area contributed by atoms with Gasteiger partial charge in [0.25, 0.3) is 0 Å². The number of imidazole rings is 1. The van der Waals surface area contributed by atoms with Crippen LogP contribution >= 0.6 is 0 Å². The molecule has 0 bridgehead atoms. The van der Waals surface area contributed by atoms with Crippen LogP contribution in [0.1, 0.15) is 5.69 Å². The fraction of sp³-hybridized carbons (Fsp3) is 0.727. The molecule has 0 aliphatic carbocycles. The first-order valence-corrected chi connectivity index (χ1v) is 8.23. The lowest BCUT2D eigenvalue weighted by Gasteiger charge is -2.26. The summed E-state index contributed by atoms with van der Waals surface area (Å²) in [7, 11) is -1.94. The average molecular weight is 346 g/mol. The molecular weight excluding hydrogens is 326 g/mol. The molecule has 0 spiro atoms. The minimum Gasteiger partial charge on any atom is -0.416 e. The summed E-state index contributed by atoms with van der Waals surface area (Å²) < 4.78 is 20.2. The minimum atomic E-state index is -1.94. The Kier molecular flexibility index (Phi) is 6.85. The molecule has 0 atom stereocenters. The number of nitro groups is 1. The molecule has 0 saturated carbocycles. The van der Waals surface area contributed by atoms with Crippen molar-refractivity contribution in [1.82, 2.24) is 19.8 Å². The Morgan fingerprint density at radius 2 is 2.22 bits per heavy atom. The lowest BCUT2D eigenvalue weighted by molar-refractivity contribution is -0.396. The number of aromatic nitrogens is 2. The number of nitrogens with two attached hydrogens (primary N) is 1. The zero-order valence-electron chi connectivity index (χ0n) is 12.6. The van der Waals surface area contributed by atoms with Gasteiger partial charge < -0.3 is 33.2 Å². The molecule has 23 heavy (non-hydrogen) atoms. The minimum absolute atomic E-state index is 0.0850. The van der Waals surface area contributed by atoms with E-state index in [1.807, 2.05) is 0 Å². The monoisotopic (exact) mass is 346 g/mol. The zero-order valence-corrected chi connectivity index (χ0v) is 13.4. The van der Waals surface area contributed by atoms with Gasteiger partial charge in [0.15, 0.2) is 0 Å². The van der Waals surface area contributed by atoms with Crippen molar-refractivity contribution in [2.45, 2.75) is 13.0 Å². The molecule has 130 valence electrons. The van der Waals surface area contributed by atoms with Crippen molar-refractivity contribution in [2.24, 2.45) is 10.3 Å². The van der Waals surface area contributed by atoms with Crippen molar-refractivity contribution < 1.29 is 13.4 Å². The SMILES string of the molecule is NO[S-](=O)=NCCn1c(CCN2CCNCC2)cnc1[N+](=O)[O-]. The molecule has 0 aromatic carbocycles. The maximum absolute atomic E-state index is 11.1. The summed E-state index contributed by atoms with van der Waals surface area (Å²) in [4.78, 5) is 16.7. The van der Waals surface area contributed by atoms with Gasteiger partial charge in [0.05, 0.1) is 6.54 Å². The van der Waals surface area contributed by atoms with Gasteiger partial charge in [-0.05, 0) is 15.8 Å². The van der Waals surface area contributed by atoms with Crippen LogP contribution in [0.25, 0.3) is 0 Å². The van der Waals surface area contributed by atoms with Crippen molar-refractivity contribution >= 4 is 16.8 Å². The average Bonchev–Trinajstić information content (AvgIpc) is 2.97. The summed E-state index contributed by atoms with van der Waals surface area (Å²) in [5.41, 5.74) is 0.755. The second-order valence-electron chi connectivity index (χ2n) is 4.97. The summed E-state index contributed by atoms with van der Waals surface area (Å²) in [6.07, 6.45) is 2.16. The van der Waals surface area contributed by atoms with E-state index in [1.54, 1.807) is 0 Å². The van der Waals surface area contributed by atoms with Gasteiger partial charge >= 0.3 is 5.95 Å². The topological polar surface area (TPSA) is 141 Å². The van der Waals surface area contributed by atoms with Crippen LogP contribution in [0.2, 0.25) is 0 Å². The van der Waals surface area contributed by atoms with Crippen molar-refractivity contribution in [3.63, 3.8) is 0 Å². The highest BCUT2D eigenvalue weighted by molar-refractivity contribution is 7.69. The fourth-order valence-corrected chi connectivity index (χ4v) is 2.73. The van der Waals surface area contributed by atoms with Gasteiger partial charge in [-0.1, -0.05) is 4.98 Å². The fourth-order valence-electron chi connectivity index (χ4n) is 2.44. The van der Waals surface area contributed by atoms with Crippen LogP contribution in [-0.2, 0) is 32.3 Å². The van der Waals surface area contributed by atoms with E-state index in [0.717, 1.165) is 38.4 Å². The van der Waals surface area contributed by atoms with Crippen molar-refractivity contribution in [3.8, 4) is 0 Å². The van der Waals surface area contributed by atoms with E-state index in [2.05, 4.69) is 23.8 Å². The molecule has 1 aromatic heterocycles. The molecule has 11 nitrogen and oxygen atoms in total. The molecule has 1 fully saturated rings. The van der Waals surface area contributed by atoms with Crippen LogP contribution in [0, 0.1) is 10.1 Å². The highest BCUT2D eigenvalue weighted by atomic mass is 32.2. The van der Waals surface area contributed by atoms with E-state index in [4.69, 9.17) is 5.90 Å². The van der Waals surface area contributed by atoms with Crippen molar-refractivity contribution in [1.29, 1.82) is 0 Å². The Morgan fingerprint density at radius 1 is 1.48 bits per heavy atom. The number of hydrogen-bond acceptors (Lipinski definition) is 10. The van der Waals surface area contributed by atoms with Crippen LogP contribution in [-0.4, -0.2) is 58.6 Å². The Balaban J connectivity index is 2.02. The molecule has 0 unspecified atom stereocenters. The van der Waals surface area contributed by atoms with Gasteiger partial charge in [-0.25, -0.2) is 10.5 Å². The molecule has 3 N–H and O–H groups in total. The molecule has 1 aliphatic heterocycles. The standard InChI is InChI=1S/C11H20N7O4S/c12-22-23(21)15-4-8-17-10(9-14-11(17)18(19)20)1-5-16-6-2-13-3-7-16/h9,13H,1-8,12H2/q-1. The molecule has 2 heterocycles. The van der Waals surface area contributed by atoms with E-state index in [-0.39, 0.29) is 19.0 Å². The van der Waals surface area contributed by atoms with Crippen LogP contribution in [0.4, 0.5) is 5.95 Å². The second kappa shape index (κ2) is 8.88. The Bertz CT molecular complexity index is 608. The number of hydrogen-bond donors (Lipinski definition) is 2. The van der Waals surface area contributed by atoms with E-state index in [9.17, 15) is 14.3 Å². The maximum atomic E-state index is 11.1. The Hall–Kier alpha value is -1.60. The van der Waals surface area contributed by atoms with E-state index < -0.39 is 15.8 Å². The van der Waals surface area contributed by atoms with Crippen LogP contribution in [0.15, 0.2) is 10.6 Å². The van der Waals surface area contributed by atoms with E-state index >= 15 is 0 Å². The first kappa shape index (κ1) is 17.7. The number of rotatable bonds is 8. The molecule has 0 amide bonds. The summed E-state index contributed by atoms with van der Waals surface area (Å²) >= 11 is 0.